The Morgan fingerprint density at radius 1 is 0.562 bits per heavy atom. The maximum absolute atomic E-state index is 11.3. The smallest absolute Gasteiger partial charge is 0.168 e. The van der Waals surface area contributed by atoms with Crippen LogP contribution in [0.3, 0.4) is 0 Å². The predicted molar refractivity (Wildman–Crippen MR) is 132 cm³/mol. The molecular formula is C29H25NO2. The van der Waals surface area contributed by atoms with Crippen molar-refractivity contribution in [3.05, 3.63) is 95.6 Å². The van der Waals surface area contributed by atoms with Crippen molar-refractivity contribution in [2.45, 2.75) is 20.8 Å². The second-order valence-electron chi connectivity index (χ2n) is 8.36. The molecule has 5 aromatic rings. The lowest BCUT2D eigenvalue weighted by Crippen LogP contribution is -1.91. The van der Waals surface area contributed by atoms with E-state index in [9.17, 15) is 10.2 Å². The number of phenolic OH excluding ortho intramolecular Hbond substituents is 2. The summed E-state index contributed by atoms with van der Waals surface area (Å²) in [7, 11) is 0. The fourth-order valence-electron chi connectivity index (χ4n) is 4.59. The second kappa shape index (κ2) is 7.61. The summed E-state index contributed by atoms with van der Waals surface area (Å²) < 4.78 is 0. The van der Waals surface area contributed by atoms with E-state index in [4.69, 9.17) is 0 Å². The Morgan fingerprint density at radius 2 is 1.00 bits per heavy atom. The number of rotatable bonds is 3. The molecule has 0 aliphatic carbocycles. The topological polar surface area (TPSA) is 56.2 Å². The lowest BCUT2D eigenvalue weighted by Gasteiger charge is -2.16. The number of hydrogen-bond acceptors (Lipinski definition) is 2. The zero-order valence-electron chi connectivity index (χ0n) is 18.4. The van der Waals surface area contributed by atoms with Crippen LogP contribution >= 0.6 is 0 Å². The minimum absolute atomic E-state index is 0.0969. The highest BCUT2D eigenvalue weighted by atomic mass is 16.3. The molecule has 0 aliphatic rings. The number of fused-ring (bicyclic) bond motifs is 1. The van der Waals surface area contributed by atoms with E-state index >= 15 is 0 Å². The third kappa shape index (κ3) is 3.05. The van der Waals surface area contributed by atoms with E-state index in [1.54, 1.807) is 0 Å². The van der Waals surface area contributed by atoms with Crippen LogP contribution in [0.15, 0.2) is 78.9 Å². The highest BCUT2D eigenvalue weighted by molar-refractivity contribution is 6.11. The van der Waals surface area contributed by atoms with Gasteiger partial charge in [-0.15, -0.1) is 0 Å². The molecule has 0 bridgehead atoms. The van der Waals surface area contributed by atoms with E-state index < -0.39 is 0 Å². The molecule has 3 nitrogen and oxygen atoms in total. The van der Waals surface area contributed by atoms with Gasteiger partial charge in [0.1, 0.15) is 0 Å². The maximum Gasteiger partial charge on any atom is 0.168 e. The molecule has 158 valence electrons. The Morgan fingerprint density at radius 3 is 1.53 bits per heavy atom. The van der Waals surface area contributed by atoms with Gasteiger partial charge in [0.05, 0.1) is 11.1 Å². The van der Waals surface area contributed by atoms with E-state index in [0.29, 0.717) is 11.1 Å². The number of aromatic amines is 1. The fraction of sp³-hybridized carbons (Fsp3) is 0.103. The van der Waals surface area contributed by atoms with E-state index in [1.807, 2.05) is 74.5 Å². The first-order valence-corrected chi connectivity index (χ1v) is 10.8. The van der Waals surface area contributed by atoms with Crippen molar-refractivity contribution >= 4 is 10.9 Å². The summed E-state index contributed by atoms with van der Waals surface area (Å²) in [6, 6.07) is 26.1. The van der Waals surface area contributed by atoms with Crippen molar-refractivity contribution in [1.82, 2.24) is 4.98 Å². The van der Waals surface area contributed by atoms with E-state index in [-0.39, 0.29) is 11.5 Å². The molecule has 0 aliphatic heterocycles. The van der Waals surface area contributed by atoms with Crippen LogP contribution in [-0.2, 0) is 0 Å². The zero-order valence-corrected chi connectivity index (χ0v) is 18.4. The van der Waals surface area contributed by atoms with Crippen LogP contribution in [0.1, 0.15) is 16.7 Å². The number of hydrogen-bond donors (Lipinski definition) is 3. The molecule has 3 heteroatoms. The quantitative estimate of drug-likeness (QED) is 0.265. The van der Waals surface area contributed by atoms with Crippen molar-refractivity contribution in [2.24, 2.45) is 0 Å². The second-order valence-corrected chi connectivity index (χ2v) is 8.36. The fourth-order valence-corrected chi connectivity index (χ4v) is 4.59. The van der Waals surface area contributed by atoms with Gasteiger partial charge in [0.25, 0.3) is 0 Å². The molecule has 0 saturated carbocycles. The van der Waals surface area contributed by atoms with Crippen LogP contribution in [0.2, 0.25) is 0 Å². The summed E-state index contributed by atoms with van der Waals surface area (Å²) in [5, 5.41) is 23.4. The van der Waals surface area contributed by atoms with Gasteiger partial charge in [-0.1, -0.05) is 72.8 Å². The summed E-state index contributed by atoms with van der Waals surface area (Å²) in [4.78, 5) is 3.57. The number of H-pyrrole nitrogens is 1. The standard InChI is InChI=1S/C29H25NO2/c1-17-10-4-7-13-20(17)24-16-23-25(21-14-8-5-11-18(21)2)28(31)29(32)26(27(23)30-24)22-15-9-6-12-19(22)3/h4-16,30-32H,1-3H3. The monoisotopic (exact) mass is 419 g/mol. The van der Waals surface area contributed by atoms with Crippen molar-refractivity contribution in [3.8, 4) is 45.0 Å². The van der Waals surface area contributed by atoms with E-state index in [2.05, 4.69) is 30.1 Å². The van der Waals surface area contributed by atoms with Crippen molar-refractivity contribution < 1.29 is 10.2 Å². The summed E-state index contributed by atoms with van der Waals surface area (Å²) in [5.74, 6) is -0.205. The minimum atomic E-state index is -0.108. The molecule has 3 N–H and O–H groups in total. The Labute approximate surface area is 187 Å². The number of benzene rings is 4. The Hall–Kier alpha value is -3.98. The zero-order chi connectivity index (χ0) is 22.4. The van der Waals surface area contributed by atoms with Gasteiger partial charge in [0, 0.05) is 22.2 Å². The molecule has 0 atom stereocenters. The summed E-state index contributed by atoms with van der Waals surface area (Å²) in [6.07, 6.45) is 0. The van der Waals surface area contributed by atoms with Crippen LogP contribution in [0, 0.1) is 20.8 Å². The van der Waals surface area contributed by atoms with Crippen LogP contribution in [0.5, 0.6) is 11.5 Å². The van der Waals surface area contributed by atoms with Gasteiger partial charge in [0.15, 0.2) is 11.5 Å². The molecule has 0 unspecified atom stereocenters. The third-order valence-corrected chi connectivity index (χ3v) is 6.30. The number of aryl methyl sites for hydroxylation is 3. The Bertz CT molecular complexity index is 1390. The van der Waals surface area contributed by atoms with Crippen molar-refractivity contribution in [2.75, 3.05) is 0 Å². The molecule has 1 heterocycles. The largest absolute Gasteiger partial charge is 0.504 e. The summed E-state index contributed by atoms with van der Waals surface area (Å²) >= 11 is 0. The molecule has 32 heavy (non-hydrogen) atoms. The first kappa shape index (κ1) is 20.0. The average Bonchev–Trinajstić information content (AvgIpc) is 3.21. The third-order valence-electron chi connectivity index (χ3n) is 6.30. The Kier molecular flexibility index (Phi) is 4.75. The molecule has 5 rings (SSSR count). The molecule has 0 amide bonds. The number of aromatic nitrogens is 1. The molecular weight excluding hydrogens is 394 g/mol. The van der Waals surface area contributed by atoms with E-state index in [0.717, 1.165) is 50.0 Å². The van der Waals surface area contributed by atoms with Gasteiger partial charge in [-0.2, -0.15) is 0 Å². The van der Waals surface area contributed by atoms with Crippen molar-refractivity contribution in [1.29, 1.82) is 0 Å². The first-order chi connectivity index (χ1) is 15.5. The maximum atomic E-state index is 11.3. The molecule has 1 aromatic heterocycles. The molecule has 0 saturated heterocycles. The van der Waals surface area contributed by atoms with Gasteiger partial charge < -0.3 is 15.2 Å². The number of nitrogens with one attached hydrogen (secondary N) is 1. The highest BCUT2D eigenvalue weighted by Gasteiger charge is 2.24. The lowest BCUT2D eigenvalue weighted by atomic mass is 9.90. The molecule has 4 aromatic carbocycles. The number of phenols is 2. The van der Waals surface area contributed by atoms with Gasteiger partial charge >= 0.3 is 0 Å². The van der Waals surface area contributed by atoms with Crippen molar-refractivity contribution in [3.63, 3.8) is 0 Å². The van der Waals surface area contributed by atoms with Gasteiger partial charge in [0.2, 0.25) is 0 Å². The summed E-state index contributed by atoms with van der Waals surface area (Å²) in [5.41, 5.74) is 9.12. The summed E-state index contributed by atoms with van der Waals surface area (Å²) in [6.45, 7) is 6.11. The van der Waals surface area contributed by atoms with Gasteiger partial charge in [-0.3, -0.25) is 0 Å². The molecule has 0 fully saturated rings. The lowest BCUT2D eigenvalue weighted by molar-refractivity contribution is 0.407. The minimum Gasteiger partial charge on any atom is -0.504 e. The van der Waals surface area contributed by atoms with Gasteiger partial charge in [-0.05, 0) is 54.7 Å². The normalized spacial score (nSPS) is 11.2. The van der Waals surface area contributed by atoms with Crippen LogP contribution in [0.25, 0.3) is 44.4 Å². The molecule has 0 spiro atoms. The highest BCUT2D eigenvalue weighted by Crippen LogP contribution is 2.51. The molecule has 0 radical (unpaired) electrons. The van der Waals surface area contributed by atoms with Crippen LogP contribution in [-0.4, -0.2) is 15.2 Å². The van der Waals surface area contributed by atoms with Gasteiger partial charge in [-0.25, -0.2) is 0 Å². The van der Waals surface area contributed by atoms with Crippen LogP contribution < -0.4 is 0 Å². The van der Waals surface area contributed by atoms with E-state index in [1.165, 1.54) is 0 Å². The average molecular weight is 420 g/mol. The Balaban J connectivity index is 1.94. The van der Waals surface area contributed by atoms with Crippen LogP contribution in [0.4, 0.5) is 0 Å². The number of aromatic hydroxyl groups is 2. The predicted octanol–water partition coefficient (Wildman–Crippen LogP) is 7.51. The SMILES string of the molecule is Cc1ccccc1-c1cc2c(-c3ccccc3C)c(O)c(O)c(-c3ccccc3C)c2[nH]1. The first-order valence-electron chi connectivity index (χ1n) is 10.8.